The summed E-state index contributed by atoms with van der Waals surface area (Å²) in [6.45, 7) is 4.79. The molecule has 1 unspecified atom stereocenters. The van der Waals surface area contributed by atoms with E-state index in [0.29, 0.717) is 6.42 Å². The zero-order chi connectivity index (χ0) is 14.0. The van der Waals surface area contributed by atoms with Crippen LogP contribution in [0.25, 0.3) is 0 Å². The third-order valence-corrected chi connectivity index (χ3v) is 5.05. The molecule has 1 N–H and O–H groups in total. The van der Waals surface area contributed by atoms with Gasteiger partial charge in [-0.1, -0.05) is 0 Å². The van der Waals surface area contributed by atoms with Gasteiger partial charge in [-0.25, -0.2) is 0 Å². The molecule has 0 radical (unpaired) electrons. The molecule has 0 saturated carbocycles. The summed E-state index contributed by atoms with van der Waals surface area (Å²) in [4.78, 5) is 0.857. The van der Waals surface area contributed by atoms with E-state index in [4.69, 9.17) is 4.74 Å². The van der Waals surface area contributed by atoms with E-state index in [0.717, 1.165) is 33.0 Å². The Kier molecular flexibility index (Phi) is 4.65. The van der Waals surface area contributed by atoms with Crippen LogP contribution in [0.4, 0.5) is 0 Å². The van der Waals surface area contributed by atoms with Gasteiger partial charge in [-0.05, 0) is 41.2 Å². The van der Waals surface area contributed by atoms with Crippen LogP contribution >= 0.6 is 27.3 Å². The molecule has 0 aromatic carbocycles. The van der Waals surface area contributed by atoms with Crippen molar-refractivity contribution in [3.05, 3.63) is 32.2 Å². The van der Waals surface area contributed by atoms with E-state index in [9.17, 15) is 5.11 Å². The first-order valence-electron chi connectivity index (χ1n) is 6.09. The van der Waals surface area contributed by atoms with Crippen molar-refractivity contribution in [2.24, 2.45) is 0 Å². The van der Waals surface area contributed by atoms with Crippen LogP contribution in [0.2, 0.25) is 0 Å². The number of thiophene rings is 1. The monoisotopic (exact) mass is 344 g/mol. The van der Waals surface area contributed by atoms with E-state index in [1.165, 1.54) is 11.3 Å². The fourth-order valence-electron chi connectivity index (χ4n) is 2.06. The molecule has 0 bridgehead atoms. The summed E-state index contributed by atoms with van der Waals surface area (Å²) >= 11 is 5.05. The Labute approximate surface area is 125 Å². The Morgan fingerprint density at radius 1 is 1.58 bits per heavy atom. The molecule has 2 rings (SSSR count). The molecule has 0 aliphatic carbocycles. The molecule has 4 nitrogen and oxygen atoms in total. The molecule has 0 aliphatic heterocycles. The molecule has 2 heterocycles. The standard InChI is InChI=1S/C13H17BrN2O2S/c1-4-16-9(12(14)8(2)15-16)7-10(17)13-11(18-3)5-6-19-13/h5-6,10,17H,4,7H2,1-3H3. The van der Waals surface area contributed by atoms with Crippen molar-refractivity contribution in [1.82, 2.24) is 9.78 Å². The summed E-state index contributed by atoms with van der Waals surface area (Å²) in [5.74, 6) is 0.743. The summed E-state index contributed by atoms with van der Waals surface area (Å²) in [6.07, 6.45) is -0.0563. The number of halogens is 1. The molecular weight excluding hydrogens is 328 g/mol. The van der Waals surface area contributed by atoms with Gasteiger partial charge in [-0.2, -0.15) is 5.10 Å². The molecule has 2 aromatic heterocycles. The van der Waals surface area contributed by atoms with Crippen LogP contribution in [0.1, 0.15) is 29.3 Å². The lowest BCUT2D eigenvalue weighted by atomic mass is 10.1. The van der Waals surface area contributed by atoms with Crippen LogP contribution in [0.3, 0.4) is 0 Å². The van der Waals surface area contributed by atoms with E-state index in [1.807, 2.05) is 30.0 Å². The molecule has 0 spiro atoms. The lowest BCUT2D eigenvalue weighted by Crippen LogP contribution is -2.08. The van der Waals surface area contributed by atoms with E-state index < -0.39 is 6.10 Å². The van der Waals surface area contributed by atoms with Crippen molar-refractivity contribution in [1.29, 1.82) is 0 Å². The predicted molar refractivity (Wildman–Crippen MR) is 79.9 cm³/mol. The maximum absolute atomic E-state index is 10.4. The van der Waals surface area contributed by atoms with Gasteiger partial charge in [0, 0.05) is 13.0 Å². The van der Waals surface area contributed by atoms with Crippen LogP contribution in [0.5, 0.6) is 5.75 Å². The Morgan fingerprint density at radius 3 is 2.95 bits per heavy atom. The quantitative estimate of drug-likeness (QED) is 0.904. The number of ether oxygens (including phenoxy) is 1. The lowest BCUT2D eigenvalue weighted by molar-refractivity contribution is 0.175. The molecule has 104 valence electrons. The number of hydrogen-bond acceptors (Lipinski definition) is 4. The molecule has 2 aromatic rings. The summed E-state index contributed by atoms with van der Waals surface area (Å²) in [6, 6.07) is 1.88. The third kappa shape index (κ3) is 2.85. The lowest BCUT2D eigenvalue weighted by Gasteiger charge is -2.12. The SMILES string of the molecule is CCn1nc(C)c(Br)c1CC(O)c1sccc1OC. The normalized spacial score (nSPS) is 12.7. The highest BCUT2D eigenvalue weighted by atomic mass is 79.9. The number of aliphatic hydroxyl groups excluding tert-OH is 1. The van der Waals surface area contributed by atoms with Gasteiger partial charge >= 0.3 is 0 Å². The molecule has 0 fully saturated rings. The third-order valence-electron chi connectivity index (χ3n) is 3.02. The predicted octanol–water partition coefficient (Wildman–Crippen LogP) is 3.32. The number of hydrogen-bond donors (Lipinski definition) is 1. The maximum atomic E-state index is 10.4. The van der Waals surface area contributed by atoms with Gasteiger partial charge < -0.3 is 9.84 Å². The second kappa shape index (κ2) is 6.07. The van der Waals surface area contributed by atoms with Gasteiger partial charge in [0.25, 0.3) is 0 Å². The first-order chi connectivity index (χ1) is 9.08. The van der Waals surface area contributed by atoms with Gasteiger partial charge in [0.05, 0.1) is 34.0 Å². The fraction of sp³-hybridized carbons (Fsp3) is 0.462. The van der Waals surface area contributed by atoms with Gasteiger partial charge in [-0.15, -0.1) is 11.3 Å². The average Bonchev–Trinajstić information content (AvgIpc) is 2.98. The largest absolute Gasteiger partial charge is 0.495 e. The Balaban J connectivity index is 2.26. The highest BCUT2D eigenvalue weighted by Gasteiger charge is 2.20. The molecular formula is C13H17BrN2O2S. The summed E-state index contributed by atoms with van der Waals surface area (Å²) < 4.78 is 8.15. The number of aromatic nitrogens is 2. The molecule has 6 heteroatoms. The van der Waals surface area contributed by atoms with Gasteiger partial charge in [-0.3, -0.25) is 4.68 Å². The average molecular weight is 345 g/mol. The number of aliphatic hydroxyl groups is 1. The molecule has 0 saturated heterocycles. The number of aryl methyl sites for hydroxylation is 2. The number of nitrogens with zero attached hydrogens (tertiary/aromatic N) is 2. The number of rotatable bonds is 5. The second-order valence-corrected chi connectivity index (χ2v) is 5.98. The van der Waals surface area contributed by atoms with Crippen molar-refractivity contribution in [3.8, 4) is 5.75 Å². The van der Waals surface area contributed by atoms with Crippen molar-refractivity contribution in [2.75, 3.05) is 7.11 Å². The molecule has 1 atom stereocenters. The van der Waals surface area contributed by atoms with Gasteiger partial charge in [0.2, 0.25) is 0 Å². The fourth-order valence-corrected chi connectivity index (χ4v) is 3.35. The minimum absolute atomic E-state index is 0.520. The first-order valence-corrected chi connectivity index (χ1v) is 7.77. The molecule has 0 amide bonds. The maximum Gasteiger partial charge on any atom is 0.135 e. The van der Waals surface area contributed by atoms with Gasteiger partial charge in [0.1, 0.15) is 5.75 Å². The van der Waals surface area contributed by atoms with Crippen molar-refractivity contribution in [2.45, 2.75) is 32.9 Å². The van der Waals surface area contributed by atoms with E-state index >= 15 is 0 Å². The summed E-state index contributed by atoms with van der Waals surface area (Å²) in [7, 11) is 1.62. The Bertz CT molecular complexity index is 565. The van der Waals surface area contributed by atoms with E-state index in [2.05, 4.69) is 21.0 Å². The summed E-state index contributed by atoms with van der Waals surface area (Å²) in [5.41, 5.74) is 1.96. The minimum atomic E-state index is -0.576. The zero-order valence-electron chi connectivity index (χ0n) is 11.2. The van der Waals surface area contributed by atoms with Crippen LogP contribution in [-0.2, 0) is 13.0 Å². The Hall–Kier alpha value is -0.850. The summed E-state index contributed by atoms with van der Waals surface area (Å²) in [5, 5.41) is 16.8. The van der Waals surface area contributed by atoms with Crippen molar-refractivity contribution < 1.29 is 9.84 Å². The van der Waals surface area contributed by atoms with Crippen LogP contribution < -0.4 is 4.74 Å². The second-order valence-electron chi connectivity index (χ2n) is 4.23. The Morgan fingerprint density at radius 2 is 2.32 bits per heavy atom. The van der Waals surface area contributed by atoms with Crippen molar-refractivity contribution in [3.63, 3.8) is 0 Å². The highest BCUT2D eigenvalue weighted by Crippen LogP contribution is 2.34. The van der Waals surface area contributed by atoms with Crippen LogP contribution in [-0.4, -0.2) is 22.0 Å². The minimum Gasteiger partial charge on any atom is -0.495 e. The van der Waals surface area contributed by atoms with Crippen LogP contribution in [0.15, 0.2) is 15.9 Å². The van der Waals surface area contributed by atoms with E-state index in [-0.39, 0.29) is 0 Å². The molecule has 0 aliphatic rings. The highest BCUT2D eigenvalue weighted by molar-refractivity contribution is 9.10. The smallest absolute Gasteiger partial charge is 0.135 e. The van der Waals surface area contributed by atoms with Crippen LogP contribution in [0, 0.1) is 6.92 Å². The number of methoxy groups -OCH3 is 1. The van der Waals surface area contributed by atoms with E-state index in [1.54, 1.807) is 7.11 Å². The van der Waals surface area contributed by atoms with Crippen molar-refractivity contribution >= 4 is 27.3 Å². The first kappa shape index (κ1) is 14.6. The van der Waals surface area contributed by atoms with Gasteiger partial charge in [0.15, 0.2) is 0 Å². The molecule has 19 heavy (non-hydrogen) atoms. The topological polar surface area (TPSA) is 47.3 Å². The zero-order valence-corrected chi connectivity index (χ0v) is 13.6.